The molecule has 0 saturated heterocycles. The Hall–Kier alpha value is -2.33. The van der Waals surface area contributed by atoms with Crippen LogP contribution in [0, 0.1) is 0 Å². The summed E-state index contributed by atoms with van der Waals surface area (Å²) < 4.78 is 46.6. The summed E-state index contributed by atoms with van der Waals surface area (Å²) in [6, 6.07) is 4.03. The predicted molar refractivity (Wildman–Crippen MR) is 90.4 cm³/mol. The first-order chi connectivity index (χ1) is 12.6. The average molecular weight is 410 g/mol. The van der Waals surface area contributed by atoms with E-state index in [9.17, 15) is 18.0 Å². The minimum absolute atomic E-state index is 0.0316. The Morgan fingerprint density at radius 3 is 2.37 bits per heavy atom. The first-order valence-electron chi connectivity index (χ1n) is 8.01. The van der Waals surface area contributed by atoms with Crippen LogP contribution in [0.3, 0.4) is 0 Å². The molecule has 2 rings (SSSR count). The number of aliphatic carboxylic acids is 1. The molecule has 0 bridgehead atoms. The number of hydrazine groups is 1. The normalized spacial score (nSPS) is 21.2. The molecule has 150 valence electrons. The lowest BCUT2D eigenvalue weighted by molar-refractivity contribution is -0.274. The molecule has 0 aromatic heterocycles. The smallest absolute Gasteiger partial charge is 0.476 e. The predicted octanol–water partition coefficient (Wildman–Crippen LogP) is 2.96. The fourth-order valence-electron chi connectivity index (χ4n) is 3.00. The molecule has 0 atom stereocenters. The van der Waals surface area contributed by atoms with E-state index in [1.807, 2.05) is 5.43 Å². The molecule has 1 aromatic rings. The molecular formula is C16H19ClF3N3O4. The van der Waals surface area contributed by atoms with Crippen LogP contribution in [0.25, 0.3) is 0 Å². The van der Waals surface area contributed by atoms with Crippen LogP contribution in [-0.4, -0.2) is 23.5 Å². The summed E-state index contributed by atoms with van der Waals surface area (Å²) >= 11 is 5.91. The maximum Gasteiger partial charge on any atom is 0.573 e. The van der Waals surface area contributed by atoms with Crippen molar-refractivity contribution in [3.8, 4) is 5.75 Å². The second-order valence-corrected chi connectivity index (χ2v) is 6.48. The number of carboxylic acid groups (broad SMARTS) is 1. The summed E-state index contributed by atoms with van der Waals surface area (Å²) in [7, 11) is 0. The first-order valence-corrected chi connectivity index (χ1v) is 8.39. The van der Waals surface area contributed by atoms with E-state index in [1.165, 1.54) is 6.07 Å². The zero-order chi connectivity index (χ0) is 20.2. The summed E-state index contributed by atoms with van der Waals surface area (Å²) in [4.78, 5) is 10.9. The minimum atomic E-state index is -4.80. The molecular weight excluding hydrogens is 391 g/mol. The van der Waals surface area contributed by atoms with E-state index >= 15 is 0 Å². The van der Waals surface area contributed by atoms with Crippen LogP contribution in [0.2, 0.25) is 5.02 Å². The quantitative estimate of drug-likeness (QED) is 0.247. The summed E-state index contributed by atoms with van der Waals surface area (Å²) in [6.45, 7) is 0. The van der Waals surface area contributed by atoms with Crippen molar-refractivity contribution in [2.45, 2.75) is 44.1 Å². The molecule has 1 aliphatic rings. The van der Waals surface area contributed by atoms with E-state index < -0.39 is 18.0 Å². The van der Waals surface area contributed by atoms with E-state index in [1.54, 1.807) is 6.07 Å². The molecule has 0 spiro atoms. The molecule has 7 nitrogen and oxygen atoms in total. The maximum absolute atomic E-state index is 12.4. The van der Waals surface area contributed by atoms with Gasteiger partial charge in [-0.1, -0.05) is 11.6 Å². The lowest BCUT2D eigenvalue weighted by atomic mass is 9.82. The van der Waals surface area contributed by atoms with Gasteiger partial charge in [-0.25, -0.2) is 4.79 Å². The van der Waals surface area contributed by atoms with Gasteiger partial charge < -0.3 is 25.7 Å². The highest BCUT2D eigenvalue weighted by Gasteiger charge is 2.32. The van der Waals surface area contributed by atoms with E-state index in [0.29, 0.717) is 31.2 Å². The fraction of sp³-hybridized carbons (Fsp3) is 0.438. The third kappa shape index (κ3) is 6.10. The van der Waals surface area contributed by atoms with Crippen molar-refractivity contribution in [1.82, 2.24) is 5.43 Å². The molecule has 0 heterocycles. The third-order valence-electron chi connectivity index (χ3n) is 4.17. The van der Waals surface area contributed by atoms with Gasteiger partial charge in [-0.15, -0.1) is 13.2 Å². The van der Waals surface area contributed by atoms with Crippen LogP contribution in [0.4, 0.5) is 13.2 Å². The summed E-state index contributed by atoms with van der Waals surface area (Å²) in [5, 5.41) is 9.08. The number of nitrogens with one attached hydrogen (secondary N) is 1. The zero-order valence-electron chi connectivity index (χ0n) is 14.1. The highest BCUT2D eigenvalue weighted by Crippen LogP contribution is 2.38. The van der Waals surface area contributed by atoms with Crippen molar-refractivity contribution in [3.05, 3.63) is 40.4 Å². The van der Waals surface area contributed by atoms with Gasteiger partial charge in [0.05, 0.1) is 0 Å². The first kappa shape index (κ1) is 21.0. The average Bonchev–Trinajstić information content (AvgIpc) is 2.53. The number of rotatable bonds is 6. The van der Waals surface area contributed by atoms with Crippen LogP contribution >= 0.6 is 11.6 Å². The Labute approximate surface area is 158 Å². The molecule has 6 N–H and O–H groups in total. The van der Waals surface area contributed by atoms with E-state index in [2.05, 4.69) is 4.74 Å². The van der Waals surface area contributed by atoms with Gasteiger partial charge in [-0.2, -0.15) is 0 Å². The molecule has 0 unspecified atom stereocenters. The van der Waals surface area contributed by atoms with Crippen molar-refractivity contribution in [1.29, 1.82) is 0 Å². The Morgan fingerprint density at radius 2 is 1.85 bits per heavy atom. The van der Waals surface area contributed by atoms with Crippen molar-refractivity contribution >= 4 is 17.6 Å². The van der Waals surface area contributed by atoms with Gasteiger partial charge in [0.15, 0.2) is 5.70 Å². The maximum atomic E-state index is 12.4. The molecule has 0 radical (unpaired) electrons. The number of carboxylic acids is 1. The third-order valence-corrected chi connectivity index (χ3v) is 4.39. The topological polar surface area (TPSA) is 120 Å². The van der Waals surface area contributed by atoms with Gasteiger partial charge in [0.25, 0.3) is 0 Å². The highest BCUT2D eigenvalue weighted by atomic mass is 35.5. The lowest BCUT2D eigenvalue weighted by Gasteiger charge is -2.29. The molecule has 0 amide bonds. The number of hydrogen-bond donors (Lipinski definition) is 4. The van der Waals surface area contributed by atoms with Gasteiger partial charge in [-0.3, -0.25) is 5.84 Å². The van der Waals surface area contributed by atoms with Crippen molar-refractivity contribution < 1.29 is 32.5 Å². The molecule has 11 heteroatoms. The van der Waals surface area contributed by atoms with Crippen molar-refractivity contribution in [2.75, 3.05) is 0 Å². The number of nitrogens with two attached hydrogens (primary N) is 2. The number of halogens is 4. The van der Waals surface area contributed by atoms with Gasteiger partial charge in [0.2, 0.25) is 5.88 Å². The van der Waals surface area contributed by atoms with Crippen LogP contribution in [0.5, 0.6) is 5.75 Å². The monoisotopic (exact) mass is 409 g/mol. The van der Waals surface area contributed by atoms with Crippen LogP contribution < -0.4 is 21.7 Å². The van der Waals surface area contributed by atoms with E-state index in [4.69, 9.17) is 33.0 Å². The number of alkyl halides is 3. The molecule has 0 aliphatic heterocycles. The van der Waals surface area contributed by atoms with Crippen molar-refractivity contribution in [3.63, 3.8) is 0 Å². The number of hydrogen-bond acceptors (Lipinski definition) is 6. The van der Waals surface area contributed by atoms with Gasteiger partial charge in [0, 0.05) is 5.02 Å². The molecule has 1 aliphatic carbocycles. The van der Waals surface area contributed by atoms with E-state index in [-0.39, 0.29) is 28.7 Å². The number of ether oxygens (including phenoxy) is 2. The van der Waals surface area contributed by atoms with E-state index in [0.717, 1.165) is 6.07 Å². The summed E-state index contributed by atoms with van der Waals surface area (Å²) in [5.41, 5.74) is 7.76. The molecule has 1 fully saturated rings. The van der Waals surface area contributed by atoms with Crippen LogP contribution in [-0.2, 0) is 9.53 Å². The minimum Gasteiger partial charge on any atom is -0.476 e. The number of benzene rings is 1. The highest BCUT2D eigenvalue weighted by molar-refractivity contribution is 6.30. The Balaban J connectivity index is 2.02. The number of carbonyl (C=O) groups is 1. The second kappa shape index (κ2) is 8.57. The Morgan fingerprint density at radius 1 is 1.22 bits per heavy atom. The summed E-state index contributed by atoms with van der Waals surface area (Å²) in [6.07, 6.45) is -2.86. The van der Waals surface area contributed by atoms with Crippen molar-refractivity contribution in [2.24, 2.45) is 11.6 Å². The second-order valence-electron chi connectivity index (χ2n) is 6.05. The van der Waals surface area contributed by atoms with Gasteiger partial charge in [-0.05, 0) is 55.4 Å². The van der Waals surface area contributed by atoms with Gasteiger partial charge in [0.1, 0.15) is 11.9 Å². The Bertz CT molecular complexity index is 719. The standard InChI is InChI=1S/C16H19ClF3N3O4/c17-10-5-9(6-12(7-10)27-16(18,19)20)8-1-3-11(4-2-8)26-14(21)13(23-22)15(24)25/h5-8,11,23H,1-4,21-22H2,(H,24,25)/b14-13+. The van der Waals surface area contributed by atoms with Gasteiger partial charge >= 0.3 is 12.3 Å². The summed E-state index contributed by atoms with van der Waals surface area (Å²) in [5.74, 6) is 3.03. The molecule has 1 aromatic carbocycles. The molecule has 1 saturated carbocycles. The van der Waals surface area contributed by atoms with Crippen LogP contribution in [0.1, 0.15) is 37.2 Å². The Kier molecular flexibility index (Phi) is 6.66. The zero-order valence-corrected chi connectivity index (χ0v) is 14.8. The van der Waals surface area contributed by atoms with Crippen LogP contribution in [0.15, 0.2) is 29.8 Å². The SMILES string of the molecule is NN/C(C(=O)O)=C(\N)OC1CCC(c2cc(Cl)cc(OC(F)(F)F)c2)CC1. The largest absolute Gasteiger partial charge is 0.573 e. The fourth-order valence-corrected chi connectivity index (χ4v) is 3.24. The lowest BCUT2D eigenvalue weighted by Crippen LogP contribution is -2.32. The molecule has 27 heavy (non-hydrogen) atoms.